The van der Waals surface area contributed by atoms with Crippen molar-refractivity contribution >= 4 is 11.7 Å². The molecule has 0 unspecified atom stereocenters. The van der Waals surface area contributed by atoms with Gasteiger partial charge in [-0.05, 0) is 18.6 Å². The molecule has 0 radical (unpaired) electrons. The van der Waals surface area contributed by atoms with Crippen molar-refractivity contribution in [2.24, 2.45) is 0 Å². The van der Waals surface area contributed by atoms with Gasteiger partial charge >= 0.3 is 6.18 Å². The zero-order chi connectivity index (χ0) is 13.6. The maximum absolute atomic E-state index is 11.9. The van der Waals surface area contributed by atoms with E-state index in [2.05, 4.69) is 10.3 Å². The molecule has 1 amide bonds. The van der Waals surface area contributed by atoms with Crippen LogP contribution < -0.4 is 10.6 Å². The van der Waals surface area contributed by atoms with E-state index >= 15 is 0 Å². The first-order valence-electron chi connectivity index (χ1n) is 5.48. The number of pyridine rings is 1. The lowest BCUT2D eigenvalue weighted by Crippen LogP contribution is -2.34. The fourth-order valence-electron chi connectivity index (χ4n) is 1.18. The largest absolute Gasteiger partial charge is 0.405 e. The summed E-state index contributed by atoms with van der Waals surface area (Å²) in [6.07, 6.45) is -3.54. The van der Waals surface area contributed by atoms with Crippen LogP contribution in [0.3, 0.4) is 0 Å². The second-order valence-corrected chi connectivity index (χ2v) is 3.63. The van der Waals surface area contributed by atoms with Crippen molar-refractivity contribution in [3.8, 4) is 0 Å². The van der Waals surface area contributed by atoms with Gasteiger partial charge in [0.25, 0.3) is 5.91 Å². The summed E-state index contributed by atoms with van der Waals surface area (Å²) in [6.45, 7) is 1.29. The van der Waals surface area contributed by atoms with Crippen LogP contribution in [0.15, 0.2) is 18.2 Å². The van der Waals surface area contributed by atoms with Crippen molar-refractivity contribution in [3.05, 3.63) is 23.9 Å². The lowest BCUT2D eigenvalue weighted by Gasteiger charge is -2.09. The number of rotatable bonds is 5. The number of amides is 1. The maximum Gasteiger partial charge on any atom is 0.405 e. The average Bonchev–Trinajstić information content (AvgIpc) is 2.33. The molecular weight excluding hydrogens is 247 g/mol. The third kappa shape index (κ3) is 5.03. The Hall–Kier alpha value is -1.79. The van der Waals surface area contributed by atoms with Crippen molar-refractivity contribution in [2.75, 3.05) is 18.4 Å². The first-order chi connectivity index (χ1) is 8.42. The van der Waals surface area contributed by atoms with Crippen molar-refractivity contribution in [2.45, 2.75) is 19.5 Å². The number of halogens is 3. The molecule has 0 bridgehead atoms. The van der Waals surface area contributed by atoms with Gasteiger partial charge in [0.05, 0.1) is 0 Å². The van der Waals surface area contributed by atoms with Crippen LogP contribution in [0.25, 0.3) is 0 Å². The highest BCUT2D eigenvalue weighted by molar-refractivity contribution is 5.92. The zero-order valence-electron chi connectivity index (χ0n) is 9.84. The van der Waals surface area contributed by atoms with E-state index in [0.717, 1.165) is 6.42 Å². The Balaban J connectivity index is 2.62. The number of carbonyl (C=O) groups is 1. The Morgan fingerprint density at radius 3 is 2.72 bits per heavy atom. The highest BCUT2D eigenvalue weighted by Gasteiger charge is 2.28. The monoisotopic (exact) mass is 261 g/mol. The Kier molecular flexibility index (Phi) is 4.94. The number of nitrogens with one attached hydrogen (secondary N) is 2. The summed E-state index contributed by atoms with van der Waals surface area (Å²) < 4.78 is 35.8. The minimum Gasteiger partial charge on any atom is -0.370 e. The summed E-state index contributed by atoms with van der Waals surface area (Å²) in [7, 11) is 0. The van der Waals surface area contributed by atoms with E-state index < -0.39 is 18.6 Å². The zero-order valence-corrected chi connectivity index (χ0v) is 9.84. The third-order valence-electron chi connectivity index (χ3n) is 1.99. The molecule has 2 N–H and O–H groups in total. The number of hydrogen-bond acceptors (Lipinski definition) is 3. The van der Waals surface area contributed by atoms with Crippen LogP contribution in [0, 0.1) is 0 Å². The van der Waals surface area contributed by atoms with Gasteiger partial charge in [-0.1, -0.05) is 13.0 Å². The first kappa shape index (κ1) is 14.3. The summed E-state index contributed by atoms with van der Waals surface area (Å²) >= 11 is 0. The van der Waals surface area contributed by atoms with Gasteiger partial charge in [0.15, 0.2) is 0 Å². The standard InChI is InChI=1S/C11H14F3N3O/c1-2-6-15-9-5-3-4-8(17-9)10(18)16-7-11(12,13)14/h3-5H,2,6-7H2,1H3,(H,15,17)(H,16,18). The van der Waals surface area contributed by atoms with E-state index in [9.17, 15) is 18.0 Å². The van der Waals surface area contributed by atoms with Crippen molar-refractivity contribution in [1.29, 1.82) is 0 Å². The number of hydrogen-bond donors (Lipinski definition) is 2. The molecule has 0 aliphatic carbocycles. The van der Waals surface area contributed by atoms with Gasteiger partial charge in [-0.15, -0.1) is 0 Å². The Bertz CT molecular complexity index is 407. The van der Waals surface area contributed by atoms with E-state index in [0.29, 0.717) is 12.4 Å². The van der Waals surface area contributed by atoms with E-state index in [1.807, 2.05) is 6.92 Å². The van der Waals surface area contributed by atoms with Gasteiger partial charge in [-0.25, -0.2) is 4.98 Å². The van der Waals surface area contributed by atoms with Crippen molar-refractivity contribution in [3.63, 3.8) is 0 Å². The second kappa shape index (κ2) is 6.23. The molecule has 1 heterocycles. The minimum atomic E-state index is -4.42. The molecule has 0 spiro atoms. The molecule has 18 heavy (non-hydrogen) atoms. The van der Waals surface area contributed by atoms with E-state index in [-0.39, 0.29) is 5.69 Å². The lowest BCUT2D eigenvalue weighted by molar-refractivity contribution is -0.123. The average molecular weight is 261 g/mol. The second-order valence-electron chi connectivity index (χ2n) is 3.63. The SMILES string of the molecule is CCCNc1cccc(C(=O)NCC(F)(F)F)n1. The van der Waals surface area contributed by atoms with E-state index in [1.165, 1.54) is 6.07 Å². The molecule has 1 aromatic rings. The first-order valence-corrected chi connectivity index (χ1v) is 5.48. The van der Waals surface area contributed by atoms with Gasteiger partial charge in [-0.2, -0.15) is 13.2 Å². The molecule has 0 saturated carbocycles. The molecule has 0 aliphatic heterocycles. The summed E-state index contributed by atoms with van der Waals surface area (Å²) in [5.41, 5.74) is -0.0413. The molecule has 0 fully saturated rings. The van der Waals surface area contributed by atoms with Gasteiger partial charge in [0.1, 0.15) is 18.1 Å². The van der Waals surface area contributed by atoms with Crippen LogP contribution >= 0.6 is 0 Å². The molecular formula is C11H14F3N3O. The molecule has 7 heteroatoms. The van der Waals surface area contributed by atoms with Gasteiger partial charge in [0, 0.05) is 6.54 Å². The summed E-state index contributed by atoms with van der Waals surface area (Å²) in [5, 5.41) is 4.72. The van der Waals surface area contributed by atoms with Gasteiger partial charge in [0.2, 0.25) is 0 Å². The quantitative estimate of drug-likeness (QED) is 0.854. The number of nitrogens with zero attached hydrogens (tertiary/aromatic N) is 1. The van der Waals surface area contributed by atoms with Crippen molar-refractivity contribution < 1.29 is 18.0 Å². The number of carbonyl (C=O) groups excluding carboxylic acids is 1. The predicted octanol–water partition coefficient (Wildman–Crippen LogP) is 2.20. The Morgan fingerprint density at radius 2 is 2.11 bits per heavy atom. The van der Waals surface area contributed by atoms with Crippen LogP contribution in [0.4, 0.5) is 19.0 Å². The highest BCUT2D eigenvalue weighted by atomic mass is 19.4. The number of alkyl halides is 3. The topological polar surface area (TPSA) is 54.0 Å². The summed E-state index contributed by atoms with van der Waals surface area (Å²) in [4.78, 5) is 15.3. The summed E-state index contributed by atoms with van der Waals surface area (Å²) in [5.74, 6) is -0.371. The van der Waals surface area contributed by atoms with E-state index in [1.54, 1.807) is 17.4 Å². The molecule has 100 valence electrons. The maximum atomic E-state index is 11.9. The molecule has 0 aliphatic rings. The molecule has 1 rings (SSSR count). The Morgan fingerprint density at radius 1 is 1.39 bits per heavy atom. The smallest absolute Gasteiger partial charge is 0.370 e. The van der Waals surface area contributed by atoms with Crippen LogP contribution in [-0.2, 0) is 0 Å². The van der Waals surface area contributed by atoms with Crippen LogP contribution in [0.1, 0.15) is 23.8 Å². The van der Waals surface area contributed by atoms with Crippen LogP contribution in [0.5, 0.6) is 0 Å². The highest BCUT2D eigenvalue weighted by Crippen LogP contribution is 2.12. The summed E-state index contributed by atoms with van der Waals surface area (Å²) in [6, 6.07) is 4.58. The molecule has 0 saturated heterocycles. The van der Waals surface area contributed by atoms with Crippen LogP contribution in [0.2, 0.25) is 0 Å². The van der Waals surface area contributed by atoms with Gasteiger partial charge in [-0.3, -0.25) is 4.79 Å². The van der Waals surface area contributed by atoms with Crippen LogP contribution in [-0.4, -0.2) is 30.2 Å². The lowest BCUT2D eigenvalue weighted by atomic mass is 10.3. The predicted molar refractivity (Wildman–Crippen MR) is 61.4 cm³/mol. The third-order valence-corrected chi connectivity index (χ3v) is 1.99. The molecule has 1 aromatic heterocycles. The van der Waals surface area contributed by atoms with Crippen molar-refractivity contribution in [1.82, 2.24) is 10.3 Å². The minimum absolute atomic E-state index is 0.0413. The fraction of sp³-hybridized carbons (Fsp3) is 0.455. The van der Waals surface area contributed by atoms with Gasteiger partial charge < -0.3 is 10.6 Å². The fourth-order valence-corrected chi connectivity index (χ4v) is 1.18. The number of anilines is 1. The normalized spacial score (nSPS) is 11.1. The Labute approximate surface area is 103 Å². The molecule has 0 aromatic carbocycles. The van der Waals surface area contributed by atoms with E-state index in [4.69, 9.17) is 0 Å². The molecule has 0 atom stereocenters. The molecule has 4 nitrogen and oxygen atoms in total. The number of aromatic nitrogens is 1.